The van der Waals surface area contributed by atoms with Crippen molar-refractivity contribution in [3.63, 3.8) is 0 Å². The minimum atomic E-state index is -0.544. The van der Waals surface area contributed by atoms with Gasteiger partial charge in [-0.2, -0.15) is 0 Å². The molecule has 0 aliphatic heterocycles. The maximum absolute atomic E-state index is 14.7. The van der Waals surface area contributed by atoms with Crippen LogP contribution in [0.1, 0.15) is 66.7 Å². The summed E-state index contributed by atoms with van der Waals surface area (Å²) in [5.41, 5.74) is 2.55. The van der Waals surface area contributed by atoms with Gasteiger partial charge in [0.15, 0.2) is 0 Å². The second-order valence-electron chi connectivity index (χ2n) is 8.81. The summed E-state index contributed by atoms with van der Waals surface area (Å²) in [7, 11) is 0. The molecule has 4 unspecified atom stereocenters. The lowest BCUT2D eigenvalue weighted by molar-refractivity contribution is 0.133. The lowest BCUT2D eigenvalue weighted by atomic mass is 9.64. The van der Waals surface area contributed by atoms with Crippen LogP contribution in [0.3, 0.4) is 0 Å². The van der Waals surface area contributed by atoms with Crippen molar-refractivity contribution in [3.8, 4) is 11.8 Å². The molecule has 0 nitrogen and oxygen atoms in total. The van der Waals surface area contributed by atoms with Crippen molar-refractivity contribution in [2.45, 2.75) is 51.4 Å². The van der Waals surface area contributed by atoms with Crippen LogP contribution < -0.4 is 0 Å². The lowest BCUT2D eigenvalue weighted by Crippen LogP contribution is -2.30. The van der Waals surface area contributed by atoms with Gasteiger partial charge < -0.3 is 0 Å². The van der Waals surface area contributed by atoms with E-state index in [1.165, 1.54) is 31.4 Å². The highest BCUT2D eigenvalue weighted by atomic mass is 19.1. The van der Waals surface area contributed by atoms with E-state index >= 15 is 0 Å². The van der Waals surface area contributed by atoms with Gasteiger partial charge in [-0.05, 0) is 98.9 Å². The molecule has 4 atom stereocenters. The summed E-state index contributed by atoms with van der Waals surface area (Å²) < 4.78 is 29.4. The Hall–Kier alpha value is -2.40. The smallest absolute Gasteiger partial charge is 0.142 e. The van der Waals surface area contributed by atoms with Gasteiger partial charge in [-0.1, -0.05) is 35.6 Å². The van der Waals surface area contributed by atoms with E-state index in [-0.39, 0.29) is 11.5 Å². The molecule has 0 bridgehead atoms. The first kappa shape index (κ1) is 19.9. The SMILES string of the molecule is C=CC1CCC2CC(c3cc(F)c(C#Cc4ccc(C)cc4)c(F)c3)CCC2C1. The van der Waals surface area contributed by atoms with Crippen molar-refractivity contribution in [1.29, 1.82) is 0 Å². The Kier molecular flexibility index (Phi) is 5.86. The van der Waals surface area contributed by atoms with Crippen LogP contribution in [0.2, 0.25) is 0 Å². The zero-order valence-corrected chi connectivity index (χ0v) is 17.1. The van der Waals surface area contributed by atoms with Gasteiger partial charge in [0.2, 0.25) is 0 Å². The number of hydrogen-bond acceptors (Lipinski definition) is 0. The predicted molar refractivity (Wildman–Crippen MR) is 115 cm³/mol. The largest absolute Gasteiger partial charge is 0.206 e. The summed E-state index contributed by atoms with van der Waals surface area (Å²) in [6, 6.07) is 10.7. The third-order valence-electron chi connectivity index (χ3n) is 6.91. The van der Waals surface area contributed by atoms with Gasteiger partial charge in [-0.3, -0.25) is 0 Å². The van der Waals surface area contributed by atoms with E-state index < -0.39 is 11.6 Å². The van der Waals surface area contributed by atoms with Crippen LogP contribution in [0.5, 0.6) is 0 Å². The standard InChI is InChI=1S/C27H28F2/c1-3-19-8-10-22-15-23(12-11-21(22)14-19)24-16-26(28)25(27(29)17-24)13-9-20-6-4-18(2)5-7-20/h3-7,16-17,19,21-23H,1,8,10-12,14-15H2,2H3. The van der Waals surface area contributed by atoms with Crippen LogP contribution in [-0.4, -0.2) is 0 Å². The first-order valence-corrected chi connectivity index (χ1v) is 10.7. The normalized spacial score (nSPS) is 26.2. The summed E-state index contributed by atoms with van der Waals surface area (Å²) in [5.74, 6) is 6.81. The molecule has 0 saturated heterocycles. The molecule has 2 aromatic carbocycles. The Morgan fingerprint density at radius 3 is 2.24 bits per heavy atom. The second-order valence-corrected chi connectivity index (χ2v) is 8.81. The van der Waals surface area contributed by atoms with E-state index in [2.05, 4.69) is 24.5 Å². The van der Waals surface area contributed by atoms with Crippen molar-refractivity contribution in [2.75, 3.05) is 0 Å². The highest BCUT2D eigenvalue weighted by Gasteiger charge is 2.35. The molecule has 0 heterocycles. The lowest BCUT2D eigenvalue weighted by Gasteiger charge is -2.41. The fourth-order valence-corrected chi connectivity index (χ4v) is 5.16. The number of halogens is 2. The van der Waals surface area contributed by atoms with E-state index in [4.69, 9.17) is 0 Å². The summed E-state index contributed by atoms with van der Waals surface area (Å²) in [4.78, 5) is 0. The molecular weight excluding hydrogens is 362 g/mol. The van der Waals surface area contributed by atoms with Crippen molar-refractivity contribution in [2.24, 2.45) is 17.8 Å². The van der Waals surface area contributed by atoms with Crippen molar-refractivity contribution in [1.82, 2.24) is 0 Å². The van der Waals surface area contributed by atoms with E-state index in [9.17, 15) is 8.78 Å². The number of allylic oxidation sites excluding steroid dienone is 1. The van der Waals surface area contributed by atoms with Crippen molar-refractivity contribution >= 4 is 0 Å². The number of rotatable bonds is 2. The monoisotopic (exact) mass is 390 g/mol. The van der Waals surface area contributed by atoms with Crippen LogP contribution in [0.15, 0.2) is 49.1 Å². The highest BCUT2D eigenvalue weighted by molar-refractivity contribution is 5.46. The van der Waals surface area contributed by atoms with Gasteiger partial charge in [0, 0.05) is 5.56 Å². The van der Waals surface area contributed by atoms with Gasteiger partial charge in [-0.25, -0.2) is 8.78 Å². The van der Waals surface area contributed by atoms with Gasteiger partial charge >= 0.3 is 0 Å². The first-order chi connectivity index (χ1) is 14.0. The Labute approximate surface area is 173 Å². The highest BCUT2D eigenvalue weighted by Crippen LogP contribution is 2.48. The molecule has 29 heavy (non-hydrogen) atoms. The van der Waals surface area contributed by atoms with Gasteiger partial charge in [0.05, 0.1) is 5.56 Å². The minimum Gasteiger partial charge on any atom is -0.206 e. The second kappa shape index (κ2) is 8.54. The molecule has 2 heteroatoms. The summed E-state index contributed by atoms with van der Waals surface area (Å²) in [6.07, 6.45) is 8.95. The molecule has 0 radical (unpaired) electrons. The minimum absolute atomic E-state index is 0.130. The van der Waals surface area contributed by atoms with Crippen LogP contribution in [0.4, 0.5) is 8.78 Å². The molecule has 2 aromatic rings. The van der Waals surface area contributed by atoms with E-state index in [1.807, 2.05) is 31.2 Å². The van der Waals surface area contributed by atoms with Crippen molar-refractivity contribution in [3.05, 3.63) is 82.9 Å². The Morgan fingerprint density at radius 1 is 0.897 bits per heavy atom. The van der Waals surface area contributed by atoms with E-state index in [1.54, 1.807) is 0 Å². The summed E-state index contributed by atoms with van der Waals surface area (Å²) in [6.45, 7) is 5.95. The summed E-state index contributed by atoms with van der Waals surface area (Å²) >= 11 is 0. The quantitative estimate of drug-likeness (QED) is 0.377. The Morgan fingerprint density at radius 2 is 1.55 bits per heavy atom. The molecule has 0 aromatic heterocycles. The number of hydrogen-bond donors (Lipinski definition) is 0. The van der Waals surface area contributed by atoms with Gasteiger partial charge in [0.1, 0.15) is 11.6 Å². The predicted octanol–water partition coefficient (Wildman–Crippen LogP) is 7.16. The van der Waals surface area contributed by atoms with Gasteiger partial charge in [0.25, 0.3) is 0 Å². The molecule has 4 rings (SSSR count). The maximum atomic E-state index is 14.7. The molecular formula is C27H28F2. The number of benzene rings is 2. The zero-order valence-electron chi connectivity index (χ0n) is 17.1. The molecule has 2 aliphatic rings. The van der Waals surface area contributed by atoms with Crippen molar-refractivity contribution < 1.29 is 8.78 Å². The first-order valence-electron chi connectivity index (χ1n) is 10.7. The summed E-state index contributed by atoms with van der Waals surface area (Å²) in [5, 5.41) is 0. The average molecular weight is 391 g/mol. The fraction of sp³-hybridized carbons (Fsp3) is 0.407. The molecule has 150 valence electrons. The number of fused-ring (bicyclic) bond motifs is 1. The third-order valence-corrected chi connectivity index (χ3v) is 6.91. The Balaban J connectivity index is 1.50. The molecule has 2 saturated carbocycles. The Bertz CT molecular complexity index is 922. The zero-order chi connectivity index (χ0) is 20.4. The van der Waals surface area contributed by atoms with Crippen LogP contribution >= 0.6 is 0 Å². The van der Waals surface area contributed by atoms with E-state index in [0.29, 0.717) is 11.8 Å². The average Bonchev–Trinajstić information content (AvgIpc) is 2.73. The maximum Gasteiger partial charge on any atom is 0.142 e. The van der Waals surface area contributed by atoms with Crippen LogP contribution in [0, 0.1) is 48.2 Å². The van der Waals surface area contributed by atoms with Crippen LogP contribution in [0.25, 0.3) is 0 Å². The third kappa shape index (κ3) is 4.45. The van der Waals surface area contributed by atoms with Crippen LogP contribution in [-0.2, 0) is 0 Å². The molecule has 2 fully saturated rings. The fourth-order valence-electron chi connectivity index (χ4n) is 5.16. The number of aryl methyl sites for hydroxylation is 1. The molecule has 0 amide bonds. The molecule has 2 aliphatic carbocycles. The topological polar surface area (TPSA) is 0 Å². The molecule has 0 spiro atoms. The molecule has 0 N–H and O–H groups in total. The van der Waals surface area contributed by atoms with E-state index in [0.717, 1.165) is 41.9 Å². The van der Waals surface area contributed by atoms with Gasteiger partial charge in [-0.15, -0.1) is 6.58 Å².